The lowest BCUT2D eigenvalue weighted by atomic mass is 10.1. The van der Waals surface area contributed by atoms with Crippen molar-refractivity contribution in [3.63, 3.8) is 0 Å². The molecule has 0 spiro atoms. The first-order valence-electron chi connectivity index (χ1n) is 7.19. The van der Waals surface area contributed by atoms with E-state index in [-0.39, 0.29) is 18.0 Å². The van der Waals surface area contributed by atoms with Crippen molar-refractivity contribution in [1.29, 1.82) is 0 Å². The number of carbonyl (C=O) groups excluding carboxylic acids is 1. The van der Waals surface area contributed by atoms with Crippen LogP contribution in [0.1, 0.15) is 45.8 Å². The average Bonchev–Trinajstić information content (AvgIpc) is 2.89. The third-order valence-electron chi connectivity index (χ3n) is 3.16. The van der Waals surface area contributed by atoms with Crippen molar-refractivity contribution in [3.8, 4) is 0 Å². The van der Waals surface area contributed by atoms with E-state index in [1.54, 1.807) is 6.26 Å². The van der Waals surface area contributed by atoms with Crippen LogP contribution in [0.15, 0.2) is 22.8 Å². The molecule has 19 heavy (non-hydrogen) atoms. The maximum Gasteiger partial charge on any atom is 0.236 e. The summed E-state index contributed by atoms with van der Waals surface area (Å²) in [5, 5.41) is 6.25. The van der Waals surface area contributed by atoms with Crippen LogP contribution in [-0.2, 0) is 11.2 Å². The summed E-state index contributed by atoms with van der Waals surface area (Å²) in [5.74, 6) is 1.08. The second kappa shape index (κ2) is 8.75. The van der Waals surface area contributed by atoms with E-state index in [9.17, 15) is 4.79 Å². The molecule has 2 unspecified atom stereocenters. The zero-order valence-corrected chi connectivity index (χ0v) is 12.2. The number of aryl methyl sites for hydroxylation is 1. The van der Waals surface area contributed by atoms with Gasteiger partial charge < -0.3 is 15.1 Å². The summed E-state index contributed by atoms with van der Waals surface area (Å²) in [6.07, 6.45) is 5.68. The zero-order chi connectivity index (χ0) is 14.1. The number of amides is 1. The highest BCUT2D eigenvalue weighted by molar-refractivity contribution is 5.81. The zero-order valence-electron chi connectivity index (χ0n) is 12.2. The molecule has 4 heteroatoms. The molecule has 0 aromatic carbocycles. The van der Waals surface area contributed by atoms with Crippen LogP contribution in [0.5, 0.6) is 0 Å². The Morgan fingerprint density at radius 3 is 2.84 bits per heavy atom. The fraction of sp³-hybridized carbons (Fsp3) is 0.667. The van der Waals surface area contributed by atoms with Gasteiger partial charge in [0.1, 0.15) is 5.76 Å². The molecule has 0 saturated carbocycles. The van der Waals surface area contributed by atoms with E-state index in [1.807, 2.05) is 19.1 Å². The molecule has 0 aliphatic carbocycles. The molecule has 1 heterocycles. The summed E-state index contributed by atoms with van der Waals surface area (Å²) in [6, 6.07) is 4.02. The van der Waals surface area contributed by atoms with Crippen LogP contribution in [0.2, 0.25) is 0 Å². The third-order valence-corrected chi connectivity index (χ3v) is 3.16. The molecule has 0 fully saturated rings. The van der Waals surface area contributed by atoms with E-state index in [4.69, 9.17) is 4.42 Å². The number of hydrogen-bond donors (Lipinski definition) is 2. The molecule has 2 atom stereocenters. The van der Waals surface area contributed by atoms with Gasteiger partial charge in [0.25, 0.3) is 0 Å². The maximum absolute atomic E-state index is 11.8. The molecule has 0 aliphatic heterocycles. The molecule has 0 saturated heterocycles. The largest absolute Gasteiger partial charge is 0.469 e. The lowest BCUT2D eigenvalue weighted by Crippen LogP contribution is -2.46. The van der Waals surface area contributed by atoms with Crippen molar-refractivity contribution in [2.24, 2.45) is 0 Å². The molecule has 1 rings (SSSR count). The summed E-state index contributed by atoms with van der Waals surface area (Å²) < 4.78 is 5.29. The second-order valence-electron chi connectivity index (χ2n) is 5.05. The molecular weight excluding hydrogens is 240 g/mol. The van der Waals surface area contributed by atoms with Gasteiger partial charge in [-0.05, 0) is 38.8 Å². The predicted octanol–water partition coefficient (Wildman–Crippen LogP) is 2.50. The van der Waals surface area contributed by atoms with Crippen LogP contribution in [0.3, 0.4) is 0 Å². The van der Waals surface area contributed by atoms with Crippen molar-refractivity contribution in [2.45, 2.75) is 58.5 Å². The smallest absolute Gasteiger partial charge is 0.236 e. The summed E-state index contributed by atoms with van der Waals surface area (Å²) in [5.41, 5.74) is 0. The van der Waals surface area contributed by atoms with E-state index < -0.39 is 0 Å². The summed E-state index contributed by atoms with van der Waals surface area (Å²) in [7, 11) is 0. The van der Waals surface area contributed by atoms with Crippen LogP contribution >= 0.6 is 0 Å². The lowest BCUT2D eigenvalue weighted by Gasteiger charge is -2.19. The Hall–Kier alpha value is -1.29. The van der Waals surface area contributed by atoms with Gasteiger partial charge in [-0.2, -0.15) is 0 Å². The number of rotatable bonds is 9. The molecule has 2 N–H and O–H groups in total. The average molecular weight is 266 g/mol. The van der Waals surface area contributed by atoms with Gasteiger partial charge in [-0.25, -0.2) is 0 Å². The van der Waals surface area contributed by atoms with Gasteiger partial charge in [0, 0.05) is 19.0 Å². The van der Waals surface area contributed by atoms with E-state index in [2.05, 4.69) is 24.5 Å². The SMILES string of the molecule is CCCCNC(=O)C(C)NC(C)CCc1ccco1. The van der Waals surface area contributed by atoms with Gasteiger partial charge in [0.2, 0.25) is 5.91 Å². The highest BCUT2D eigenvalue weighted by Crippen LogP contribution is 2.06. The van der Waals surface area contributed by atoms with Crippen molar-refractivity contribution < 1.29 is 9.21 Å². The molecule has 108 valence electrons. The number of carbonyl (C=O) groups is 1. The van der Waals surface area contributed by atoms with E-state index in [0.29, 0.717) is 0 Å². The van der Waals surface area contributed by atoms with E-state index in [1.165, 1.54) is 0 Å². The molecular formula is C15H26N2O2. The van der Waals surface area contributed by atoms with Gasteiger partial charge in [-0.1, -0.05) is 13.3 Å². The first-order valence-corrected chi connectivity index (χ1v) is 7.19. The number of unbranched alkanes of at least 4 members (excludes halogenated alkanes) is 1. The fourth-order valence-corrected chi connectivity index (χ4v) is 1.94. The van der Waals surface area contributed by atoms with E-state index >= 15 is 0 Å². The van der Waals surface area contributed by atoms with Gasteiger partial charge in [0.15, 0.2) is 0 Å². The Bertz CT molecular complexity index is 349. The monoisotopic (exact) mass is 266 g/mol. The molecule has 0 bridgehead atoms. The number of hydrogen-bond acceptors (Lipinski definition) is 3. The highest BCUT2D eigenvalue weighted by Gasteiger charge is 2.14. The summed E-state index contributed by atoms with van der Waals surface area (Å²) in [4.78, 5) is 11.8. The maximum atomic E-state index is 11.8. The van der Waals surface area contributed by atoms with Gasteiger partial charge in [-0.15, -0.1) is 0 Å². The van der Waals surface area contributed by atoms with Crippen LogP contribution < -0.4 is 10.6 Å². The molecule has 1 aromatic rings. The number of furan rings is 1. The molecule has 0 radical (unpaired) electrons. The summed E-state index contributed by atoms with van der Waals surface area (Å²) in [6.45, 7) is 6.89. The lowest BCUT2D eigenvalue weighted by molar-refractivity contribution is -0.122. The number of nitrogens with one attached hydrogen (secondary N) is 2. The normalized spacial score (nSPS) is 14.1. The Morgan fingerprint density at radius 2 is 2.21 bits per heavy atom. The van der Waals surface area contributed by atoms with Crippen LogP contribution in [0.25, 0.3) is 0 Å². The first kappa shape index (κ1) is 15.8. The Labute approximate surface area is 116 Å². The summed E-state index contributed by atoms with van der Waals surface area (Å²) >= 11 is 0. The quantitative estimate of drug-likeness (QED) is 0.675. The topological polar surface area (TPSA) is 54.3 Å². The minimum absolute atomic E-state index is 0.0818. The molecule has 1 amide bonds. The standard InChI is InChI=1S/C15H26N2O2/c1-4-5-10-16-15(18)13(3)17-12(2)8-9-14-7-6-11-19-14/h6-7,11-13,17H,4-5,8-10H2,1-3H3,(H,16,18). The van der Waals surface area contributed by atoms with Crippen LogP contribution in [0, 0.1) is 0 Å². The van der Waals surface area contributed by atoms with Crippen molar-refractivity contribution in [3.05, 3.63) is 24.2 Å². The molecule has 1 aromatic heterocycles. The Balaban J connectivity index is 2.19. The van der Waals surface area contributed by atoms with Crippen molar-refractivity contribution in [2.75, 3.05) is 6.54 Å². The predicted molar refractivity (Wildman–Crippen MR) is 77.0 cm³/mol. The third kappa shape index (κ3) is 6.43. The second-order valence-corrected chi connectivity index (χ2v) is 5.05. The minimum atomic E-state index is -0.150. The van der Waals surface area contributed by atoms with Crippen molar-refractivity contribution in [1.82, 2.24) is 10.6 Å². The molecule has 4 nitrogen and oxygen atoms in total. The fourth-order valence-electron chi connectivity index (χ4n) is 1.94. The van der Waals surface area contributed by atoms with Crippen LogP contribution in [-0.4, -0.2) is 24.5 Å². The first-order chi connectivity index (χ1) is 9.13. The molecule has 0 aliphatic rings. The Kier molecular flexibility index (Phi) is 7.26. The van der Waals surface area contributed by atoms with Crippen molar-refractivity contribution >= 4 is 5.91 Å². The highest BCUT2D eigenvalue weighted by atomic mass is 16.3. The van der Waals surface area contributed by atoms with E-state index in [0.717, 1.165) is 38.0 Å². The minimum Gasteiger partial charge on any atom is -0.469 e. The van der Waals surface area contributed by atoms with Gasteiger partial charge >= 0.3 is 0 Å². The van der Waals surface area contributed by atoms with Gasteiger partial charge in [0.05, 0.1) is 12.3 Å². The van der Waals surface area contributed by atoms with Gasteiger partial charge in [-0.3, -0.25) is 4.79 Å². The van der Waals surface area contributed by atoms with Crippen LogP contribution in [0.4, 0.5) is 0 Å². The Morgan fingerprint density at radius 1 is 1.42 bits per heavy atom.